The van der Waals surface area contributed by atoms with Gasteiger partial charge in [0.25, 0.3) is 0 Å². The molecule has 0 amide bonds. The van der Waals surface area contributed by atoms with Gasteiger partial charge in [-0.05, 0) is 122 Å². The molecule has 0 N–H and O–H groups in total. The summed E-state index contributed by atoms with van der Waals surface area (Å²) >= 11 is 0. The van der Waals surface area contributed by atoms with Gasteiger partial charge in [-0.3, -0.25) is 4.57 Å². The largest absolute Gasteiger partial charge is 0.457 e. The van der Waals surface area contributed by atoms with E-state index in [9.17, 15) is 0 Å². The van der Waals surface area contributed by atoms with Crippen molar-refractivity contribution in [2.75, 3.05) is 16.5 Å². The SMILES string of the molecule is CC(C)c1cccc(C(C)C)c1C1=CN(c2cc(C(C)(C)C)cc(C(C)(C)C)c2)CN1c1cc(Oc2ccc3c4ccccc4n(-c4cc(C(C)(C)C)ccn4)c3c2)cc(C(C)(C)c2ccccc2)c1. The zero-order valence-corrected chi connectivity index (χ0v) is 44.5. The molecule has 8 aromatic rings. The number of ether oxygens (including phenoxy) is 1. The Morgan fingerprint density at radius 1 is 0.486 bits per heavy atom. The monoisotopic (exact) mass is 927 g/mol. The fourth-order valence-electron chi connectivity index (χ4n) is 10.1. The summed E-state index contributed by atoms with van der Waals surface area (Å²) in [7, 11) is 0. The average Bonchev–Trinajstić information content (AvgIpc) is 3.90. The van der Waals surface area contributed by atoms with Crippen molar-refractivity contribution in [2.45, 2.75) is 137 Å². The Kier molecular flexibility index (Phi) is 12.4. The minimum absolute atomic E-state index is 0.0229. The van der Waals surface area contributed by atoms with E-state index in [1.165, 1.54) is 61.3 Å². The van der Waals surface area contributed by atoms with Crippen LogP contribution in [-0.4, -0.2) is 16.2 Å². The van der Waals surface area contributed by atoms with Crippen LogP contribution in [0.2, 0.25) is 0 Å². The standard InChI is InChI=1S/C65H74N4O/c1-42(2)53-25-21-26-54(43(3)4)61(53)59-40-67(49-33-46(63(8,9)10)32-47(34-49)64(11,12)13)41-68(59)50-35-48(65(14,15)44-22-17-16-18-23-44)36-52(38-50)70-51-28-29-56-55-24-19-20-27-57(55)69(58(56)39-51)60-37-45(30-31-66-60)62(5,6)7/h16-40,42-43H,41H2,1-15H3. The fraction of sp³-hybridized carbons (Fsp3) is 0.338. The van der Waals surface area contributed by atoms with Gasteiger partial charge in [-0.1, -0.05) is 177 Å². The first-order valence-corrected chi connectivity index (χ1v) is 25.4. The molecule has 5 heteroatoms. The van der Waals surface area contributed by atoms with Gasteiger partial charge in [0.1, 0.15) is 17.3 Å². The Morgan fingerprint density at radius 2 is 1.09 bits per heavy atom. The van der Waals surface area contributed by atoms with E-state index in [0.29, 0.717) is 18.5 Å². The van der Waals surface area contributed by atoms with Crippen LogP contribution in [0, 0.1) is 0 Å². The highest BCUT2D eigenvalue weighted by Gasteiger charge is 2.33. The van der Waals surface area contributed by atoms with Crippen LogP contribution in [0.3, 0.4) is 0 Å². The van der Waals surface area contributed by atoms with Crippen molar-refractivity contribution in [3.8, 4) is 17.3 Å². The van der Waals surface area contributed by atoms with E-state index in [1.807, 2.05) is 6.20 Å². The summed E-state index contributed by atoms with van der Waals surface area (Å²) in [5.74, 6) is 3.09. The number of hydrogen-bond donors (Lipinski definition) is 0. The number of fused-ring (bicyclic) bond motifs is 3. The molecule has 0 unspecified atom stereocenters. The van der Waals surface area contributed by atoms with E-state index in [-0.39, 0.29) is 21.7 Å². The summed E-state index contributed by atoms with van der Waals surface area (Å²) in [6, 6.07) is 51.5. The maximum Gasteiger partial charge on any atom is 0.137 e. The van der Waals surface area contributed by atoms with Gasteiger partial charge in [0, 0.05) is 57.7 Å². The molecule has 2 aromatic heterocycles. The molecule has 0 bridgehead atoms. The van der Waals surface area contributed by atoms with Crippen LogP contribution >= 0.6 is 0 Å². The second-order valence-corrected chi connectivity index (χ2v) is 23.9. The van der Waals surface area contributed by atoms with E-state index >= 15 is 0 Å². The molecule has 70 heavy (non-hydrogen) atoms. The quantitative estimate of drug-likeness (QED) is 0.137. The van der Waals surface area contributed by atoms with E-state index < -0.39 is 0 Å². The van der Waals surface area contributed by atoms with Gasteiger partial charge in [0.15, 0.2) is 0 Å². The molecule has 9 rings (SSSR count). The van der Waals surface area contributed by atoms with E-state index in [2.05, 4.69) is 264 Å². The molecule has 6 aromatic carbocycles. The molecule has 0 saturated carbocycles. The van der Waals surface area contributed by atoms with Gasteiger partial charge < -0.3 is 14.5 Å². The molecular weight excluding hydrogens is 853 g/mol. The molecule has 0 spiro atoms. The van der Waals surface area contributed by atoms with Crippen molar-refractivity contribution in [2.24, 2.45) is 0 Å². The minimum Gasteiger partial charge on any atom is -0.457 e. The maximum atomic E-state index is 7.21. The van der Waals surface area contributed by atoms with Crippen LogP contribution in [0.25, 0.3) is 33.3 Å². The number of para-hydroxylation sites is 1. The third-order valence-corrected chi connectivity index (χ3v) is 14.6. The Bertz CT molecular complexity index is 3200. The molecule has 0 saturated heterocycles. The van der Waals surface area contributed by atoms with Crippen LogP contribution in [0.5, 0.6) is 11.5 Å². The maximum absolute atomic E-state index is 7.21. The minimum atomic E-state index is -0.347. The van der Waals surface area contributed by atoms with Crippen LogP contribution < -0.4 is 14.5 Å². The lowest BCUT2D eigenvalue weighted by atomic mass is 9.78. The normalized spacial score (nSPS) is 13.9. The van der Waals surface area contributed by atoms with Crippen LogP contribution in [0.4, 0.5) is 11.4 Å². The zero-order chi connectivity index (χ0) is 50.1. The topological polar surface area (TPSA) is 33.5 Å². The second kappa shape index (κ2) is 18.0. The van der Waals surface area contributed by atoms with Crippen molar-refractivity contribution in [1.29, 1.82) is 0 Å². The Morgan fingerprint density at radius 3 is 1.71 bits per heavy atom. The number of anilines is 2. The lowest BCUT2D eigenvalue weighted by molar-refractivity contribution is 0.480. The van der Waals surface area contributed by atoms with Crippen LogP contribution in [-0.2, 0) is 21.7 Å². The summed E-state index contributed by atoms with van der Waals surface area (Å²) < 4.78 is 9.51. The number of nitrogens with zero attached hydrogens (tertiary/aromatic N) is 4. The molecule has 1 aliphatic heterocycles. The predicted molar refractivity (Wildman–Crippen MR) is 299 cm³/mol. The molecule has 1 aliphatic rings. The molecule has 5 nitrogen and oxygen atoms in total. The molecule has 0 radical (unpaired) electrons. The van der Waals surface area contributed by atoms with Gasteiger partial charge in [-0.15, -0.1) is 0 Å². The first-order valence-electron chi connectivity index (χ1n) is 25.4. The highest BCUT2D eigenvalue weighted by atomic mass is 16.5. The fourth-order valence-corrected chi connectivity index (χ4v) is 10.1. The predicted octanol–water partition coefficient (Wildman–Crippen LogP) is 17.7. The van der Waals surface area contributed by atoms with Crippen LogP contribution in [0.15, 0.2) is 152 Å². The molecule has 0 aliphatic carbocycles. The van der Waals surface area contributed by atoms with Gasteiger partial charge in [-0.25, -0.2) is 4.98 Å². The van der Waals surface area contributed by atoms with E-state index in [4.69, 9.17) is 9.72 Å². The number of benzene rings is 6. The number of hydrogen-bond acceptors (Lipinski definition) is 4. The lowest BCUT2D eigenvalue weighted by Crippen LogP contribution is -2.28. The van der Waals surface area contributed by atoms with Crippen molar-refractivity contribution in [1.82, 2.24) is 9.55 Å². The van der Waals surface area contributed by atoms with Crippen molar-refractivity contribution < 1.29 is 4.74 Å². The smallest absolute Gasteiger partial charge is 0.137 e. The molecule has 360 valence electrons. The molecular formula is C65H74N4O. The molecule has 0 atom stereocenters. The van der Waals surface area contributed by atoms with Gasteiger partial charge in [0.2, 0.25) is 0 Å². The van der Waals surface area contributed by atoms with Crippen LogP contribution in [0.1, 0.15) is 160 Å². The molecule has 0 fully saturated rings. The van der Waals surface area contributed by atoms with Gasteiger partial charge >= 0.3 is 0 Å². The first kappa shape index (κ1) is 48.4. The molecule has 3 heterocycles. The average molecular weight is 927 g/mol. The highest BCUT2D eigenvalue weighted by Crippen LogP contribution is 2.46. The van der Waals surface area contributed by atoms with E-state index in [1.54, 1.807) is 0 Å². The summed E-state index contributed by atoms with van der Waals surface area (Å²) in [5, 5.41) is 2.34. The third-order valence-electron chi connectivity index (χ3n) is 14.6. The number of pyridine rings is 1. The zero-order valence-electron chi connectivity index (χ0n) is 44.5. The van der Waals surface area contributed by atoms with E-state index in [0.717, 1.165) is 39.4 Å². The first-order chi connectivity index (χ1) is 33.0. The summed E-state index contributed by atoms with van der Waals surface area (Å²) in [4.78, 5) is 9.99. The van der Waals surface area contributed by atoms with Crippen molar-refractivity contribution >= 4 is 38.9 Å². The Labute approximate surface area is 418 Å². The second-order valence-electron chi connectivity index (χ2n) is 23.9. The number of aromatic nitrogens is 2. The Hall–Kier alpha value is -6.59. The van der Waals surface area contributed by atoms with Crippen molar-refractivity contribution in [3.05, 3.63) is 196 Å². The van der Waals surface area contributed by atoms with Gasteiger partial charge in [0.05, 0.1) is 23.4 Å². The highest BCUT2D eigenvalue weighted by molar-refractivity contribution is 6.09. The third kappa shape index (κ3) is 9.28. The summed E-state index contributed by atoms with van der Waals surface area (Å²) in [5.41, 5.74) is 15.6. The Balaban J connectivity index is 1.25. The van der Waals surface area contributed by atoms with Gasteiger partial charge in [-0.2, -0.15) is 0 Å². The van der Waals surface area contributed by atoms with Crippen molar-refractivity contribution in [3.63, 3.8) is 0 Å². The summed E-state index contributed by atoms with van der Waals surface area (Å²) in [6.07, 6.45) is 4.36. The summed E-state index contributed by atoms with van der Waals surface area (Å²) in [6.45, 7) is 35.3. The number of rotatable bonds is 10. The lowest BCUT2D eigenvalue weighted by Gasteiger charge is -2.32.